The molecule has 0 aromatic heterocycles. The van der Waals surface area contributed by atoms with Crippen LogP contribution in [0.25, 0.3) is 0 Å². The second-order valence-corrected chi connectivity index (χ2v) is 8.19. The summed E-state index contributed by atoms with van der Waals surface area (Å²) >= 11 is 1.68. The third-order valence-corrected chi connectivity index (χ3v) is 5.83. The van der Waals surface area contributed by atoms with Crippen LogP contribution in [0.4, 0.5) is 0 Å². The second kappa shape index (κ2) is 10.3. The van der Waals surface area contributed by atoms with Crippen LogP contribution in [-0.2, 0) is 29.0 Å². The number of hydrogen-bond donors (Lipinski definition) is 1. The predicted octanol–water partition coefficient (Wildman–Crippen LogP) is 3.06. The number of amides is 2. The van der Waals surface area contributed by atoms with E-state index in [0.717, 1.165) is 29.1 Å². The minimum absolute atomic E-state index is 0.00562. The topological polar surface area (TPSA) is 58.6 Å². The van der Waals surface area contributed by atoms with Crippen LogP contribution in [-0.4, -0.2) is 48.4 Å². The predicted molar refractivity (Wildman–Crippen MR) is 117 cm³/mol. The minimum Gasteiger partial charge on any atom is -0.497 e. The smallest absolute Gasteiger partial charge is 0.245 e. The van der Waals surface area contributed by atoms with Crippen LogP contribution < -0.4 is 10.1 Å². The number of thioether (sulfide) groups is 1. The molecule has 0 spiro atoms. The number of nitrogens with one attached hydrogen (secondary N) is 1. The number of carbonyl (C=O) groups excluding carboxylic acids is 2. The van der Waals surface area contributed by atoms with E-state index in [2.05, 4.69) is 11.4 Å². The van der Waals surface area contributed by atoms with E-state index >= 15 is 0 Å². The quantitative estimate of drug-likeness (QED) is 0.724. The van der Waals surface area contributed by atoms with E-state index in [4.69, 9.17) is 4.74 Å². The van der Waals surface area contributed by atoms with E-state index in [1.165, 1.54) is 5.56 Å². The molecular formula is C23H28N2O3S. The monoisotopic (exact) mass is 412 g/mol. The third-order valence-electron chi connectivity index (χ3n) is 5.19. The van der Waals surface area contributed by atoms with E-state index in [1.54, 1.807) is 18.9 Å². The van der Waals surface area contributed by atoms with Gasteiger partial charge in [-0.25, -0.2) is 0 Å². The highest BCUT2D eigenvalue weighted by Gasteiger charge is 2.28. The van der Waals surface area contributed by atoms with Gasteiger partial charge in [-0.1, -0.05) is 36.4 Å². The van der Waals surface area contributed by atoms with E-state index < -0.39 is 6.04 Å². The Morgan fingerprint density at radius 3 is 2.69 bits per heavy atom. The Hall–Kier alpha value is -2.47. The molecule has 0 radical (unpaired) electrons. The van der Waals surface area contributed by atoms with Crippen LogP contribution in [0.15, 0.2) is 48.5 Å². The molecular weight excluding hydrogens is 384 g/mol. The van der Waals surface area contributed by atoms with E-state index in [1.807, 2.05) is 53.6 Å². The summed E-state index contributed by atoms with van der Waals surface area (Å²) in [6.45, 7) is 1.22. The maximum atomic E-state index is 13.2. The van der Waals surface area contributed by atoms with Gasteiger partial charge in [0, 0.05) is 13.1 Å². The third kappa shape index (κ3) is 5.76. The maximum absolute atomic E-state index is 13.2. The summed E-state index contributed by atoms with van der Waals surface area (Å²) in [6, 6.07) is 15.1. The summed E-state index contributed by atoms with van der Waals surface area (Å²) in [7, 11) is 1.65. The number of hydrogen-bond acceptors (Lipinski definition) is 4. The lowest BCUT2D eigenvalue weighted by Crippen LogP contribution is -2.50. The normalized spacial score (nSPS) is 14.1. The zero-order chi connectivity index (χ0) is 20.6. The van der Waals surface area contributed by atoms with Crippen molar-refractivity contribution in [3.8, 4) is 5.75 Å². The number of benzene rings is 2. The summed E-state index contributed by atoms with van der Waals surface area (Å²) in [5.74, 6) is 1.50. The number of carbonyl (C=O) groups is 2. The highest BCUT2D eigenvalue weighted by molar-refractivity contribution is 7.98. The van der Waals surface area contributed by atoms with Crippen molar-refractivity contribution < 1.29 is 14.3 Å². The molecule has 1 aliphatic heterocycles. The average molecular weight is 413 g/mol. The summed E-state index contributed by atoms with van der Waals surface area (Å²) in [5.41, 5.74) is 3.31. The molecule has 1 N–H and O–H groups in total. The summed E-state index contributed by atoms with van der Waals surface area (Å²) in [5, 5.41) is 2.98. The molecule has 2 aromatic carbocycles. The van der Waals surface area contributed by atoms with Gasteiger partial charge in [0.15, 0.2) is 0 Å². The molecule has 0 saturated carbocycles. The van der Waals surface area contributed by atoms with Crippen LogP contribution >= 0.6 is 11.8 Å². The van der Waals surface area contributed by atoms with Crippen molar-refractivity contribution in [3.05, 3.63) is 65.2 Å². The molecule has 154 valence electrons. The highest BCUT2D eigenvalue weighted by atomic mass is 32.2. The molecule has 0 bridgehead atoms. The Bertz CT molecular complexity index is 841. The lowest BCUT2D eigenvalue weighted by Gasteiger charge is -2.32. The van der Waals surface area contributed by atoms with Crippen molar-refractivity contribution in [2.45, 2.75) is 31.8 Å². The Balaban J connectivity index is 1.67. The van der Waals surface area contributed by atoms with Gasteiger partial charge in [-0.05, 0) is 53.7 Å². The minimum atomic E-state index is -0.495. The van der Waals surface area contributed by atoms with Gasteiger partial charge >= 0.3 is 0 Å². The molecule has 5 nitrogen and oxygen atoms in total. The number of fused-ring (bicyclic) bond motifs is 1. The first-order valence-electron chi connectivity index (χ1n) is 9.87. The van der Waals surface area contributed by atoms with Gasteiger partial charge in [-0.15, -0.1) is 0 Å². The molecule has 3 rings (SSSR count). The number of nitrogens with zero attached hydrogens (tertiary/aromatic N) is 1. The highest BCUT2D eigenvalue weighted by Crippen LogP contribution is 2.24. The molecule has 2 aromatic rings. The first-order valence-corrected chi connectivity index (χ1v) is 11.3. The van der Waals surface area contributed by atoms with Crippen molar-refractivity contribution in [1.29, 1.82) is 0 Å². The zero-order valence-electron chi connectivity index (χ0n) is 17.0. The fourth-order valence-electron chi connectivity index (χ4n) is 3.59. The molecule has 1 heterocycles. The number of methoxy groups -OCH3 is 1. The Morgan fingerprint density at radius 2 is 1.97 bits per heavy atom. The van der Waals surface area contributed by atoms with E-state index in [0.29, 0.717) is 19.5 Å². The molecule has 1 unspecified atom stereocenters. The maximum Gasteiger partial charge on any atom is 0.245 e. The van der Waals surface area contributed by atoms with Crippen molar-refractivity contribution in [1.82, 2.24) is 10.2 Å². The van der Waals surface area contributed by atoms with Crippen LogP contribution in [0, 0.1) is 0 Å². The number of rotatable bonds is 8. The molecule has 0 fully saturated rings. The summed E-state index contributed by atoms with van der Waals surface area (Å²) in [4.78, 5) is 27.6. The SMILES string of the molecule is COc1ccc2c(c1)CN(C(=O)C(CCSC)NC(=O)Cc1ccccc1)CC2. The van der Waals surface area contributed by atoms with Crippen LogP contribution in [0.3, 0.4) is 0 Å². The van der Waals surface area contributed by atoms with E-state index in [9.17, 15) is 9.59 Å². The largest absolute Gasteiger partial charge is 0.497 e. The van der Waals surface area contributed by atoms with Gasteiger partial charge in [-0.3, -0.25) is 9.59 Å². The number of ether oxygens (including phenoxy) is 1. The van der Waals surface area contributed by atoms with Gasteiger partial charge in [0.05, 0.1) is 13.5 Å². The lowest BCUT2D eigenvalue weighted by molar-refractivity contribution is -0.137. The molecule has 6 heteroatoms. The molecule has 1 atom stereocenters. The molecule has 0 saturated heterocycles. The fourth-order valence-corrected chi connectivity index (χ4v) is 4.06. The van der Waals surface area contributed by atoms with Gasteiger partial charge < -0.3 is 15.0 Å². The Morgan fingerprint density at radius 1 is 1.17 bits per heavy atom. The van der Waals surface area contributed by atoms with Crippen LogP contribution in [0.2, 0.25) is 0 Å². The Labute approximate surface area is 176 Å². The van der Waals surface area contributed by atoms with Gasteiger partial charge in [0.1, 0.15) is 11.8 Å². The second-order valence-electron chi connectivity index (χ2n) is 7.21. The van der Waals surface area contributed by atoms with Gasteiger partial charge in [-0.2, -0.15) is 11.8 Å². The lowest BCUT2D eigenvalue weighted by atomic mass is 9.98. The summed E-state index contributed by atoms with van der Waals surface area (Å²) < 4.78 is 5.32. The Kier molecular flexibility index (Phi) is 7.58. The van der Waals surface area contributed by atoms with Crippen molar-refractivity contribution in [2.75, 3.05) is 25.7 Å². The van der Waals surface area contributed by atoms with Crippen molar-refractivity contribution in [3.63, 3.8) is 0 Å². The summed E-state index contributed by atoms with van der Waals surface area (Å²) in [6.07, 6.45) is 3.74. The van der Waals surface area contributed by atoms with Crippen molar-refractivity contribution >= 4 is 23.6 Å². The van der Waals surface area contributed by atoms with Gasteiger partial charge in [0.25, 0.3) is 0 Å². The van der Waals surface area contributed by atoms with Crippen molar-refractivity contribution in [2.24, 2.45) is 0 Å². The fraction of sp³-hybridized carbons (Fsp3) is 0.391. The van der Waals surface area contributed by atoms with Crippen LogP contribution in [0.1, 0.15) is 23.1 Å². The standard InChI is InChI=1S/C23H28N2O3S/c1-28-20-9-8-18-10-12-25(16-19(18)15-20)23(27)21(11-13-29-2)24-22(26)14-17-6-4-3-5-7-17/h3-9,15,21H,10-14,16H2,1-2H3,(H,24,26). The first kappa shape index (κ1) is 21.2. The molecule has 1 aliphatic rings. The first-order chi connectivity index (χ1) is 14.1. The molecule has 0 aliphatic carbocycles. The zero-order valence-corrected chi connectivity index (χ0v) is 17.8. The molecule has 2 amide bonds. The van der Waals surface area contributed by atoms with Gasteiger partial charge in [0.2, 0.25) is 11.8 Å². The average Bonchev–Trinajstić information content (AvgIpc) is 2.76. The molecule has 29 heavy (non-hydrogen) atoms. The van der Waals surface area contributed by atoms with E-state index in [-0.39, 0.29) is 18.2 Å². The van der Waals surface area contributed by atoms with Crippen LogP contribution in [0.5, 0.6) is 5.75 Å².